The lowest BCUT2D eigenvalue weighted by atomic mass is 10.1. The number of pyridine rings is 1. The van der Waals surface area contributed by atoms with Crippen LogP contribution in [0.15, 0.2) is 64.7 Å². The van der Waals surface area contributed by atoms with Gasteiger partial charge in [0, 0.05) is 24.7 Å². The summed E-state index contributed by atoms with van der Waals surface area (Å²) < 4.78 is 32.4. The van der Waals surface area contributed by atoms with Crippen molar-refractivity contribution in [3.8, 4) is 0 Å². The second kappa shape index (κ2) is 9.88. The topological polar surface area (TPSA) is 95.9 Å². The Labute approximate surface area is 196 Å². The van der Waals surface area contributed by atoms with Crippen LogP contribution in [0.2, 0.25) is 5.02 Å². The van der Waals surface area contributed by atoms with Gasteiger partial charge in [0.05, 0.1) is 40.6 Å². The van der Waals surface area contributed by atoms with Crippen molar-refractivity contribution in [3.63, 3.8) is 0 Å². The highest BCUT2D eigenvalue weighted by Crippen LogP contribution is 2.27. The molecule has 3 aromatic rings. The van der Waals surface area contributed by atoms with Crippen LogP contribution in [-0.4, -0.2) is 55.3 Å². The van der Waals surface area contributed by atoms with Crippen LogP contribution in [0.4, 0.5) is 5.69 Å². The van der Waals surface area contributed by atoms with E-state index in [-0.39, 0.29) is 10.0 Å². The predicted octanol–water partition coefficient (Wildman–Crippen LogP) is 3.23. The number of fused-ring (bicyclic) bond motifs is 1. The Morgan fingerprint density at radius 3 is 2.81 bits per heavy atom. The monoisotopic (exact) mass is 489 g/mol. The molecule has 0 bridgehead atoms. The molecule has 1 saturated heterocycles. The molecule has 1 aliphatic rings. The summed E-state index contributed by atoms with van der Waals surface area (Å²) in [7, 11) is -3.65. The van der Waals surface area contributed by atoms with E-state index in [1.54, 1.807) is 12.4 Å². The molecular formula is C21H20ClN5O3S2. The Balaban J connectivity index is 1.43. The van der Waals surface area contributed by atoms with Crippen molar-refractivity contribution < 1.29 is 13.2 Å². The standard InChI is InChI=1S/C21H20ClN5O3S2/c22-18-5-4-17(32(28,29)27-8-10-30-11-9-27)13-20(18)25-21(31)26-24-14-15-3-6-19-16(12-15)2-1-7-23-19/h1-7,12-14H,8-11H2,(H2,25,26,31)/b24-14+. The molecule has 1 aliphatic heterocycles. The van der Waals surface area contributed by atoms with Gasteiger partial charge < -0.3 is 10.1 Å². The number of nitrogens with zero attached hydrogens (tertiary/aromatic N) is 3. The number of aromatic nitrogens is 1. The number of hydrogen-bond donors (Lipinski definition) is 2. The average Bonchev–Trinajstić information content (AvgIpc) is 2.81. The molecule has 0 amide bonds. The van der Waals surface area contributed by atoms with E-state index in [1.807, 2.05) is 30.3 Å². The molecule has 166 valence electrons. The van der Waals surface area contributed by atoms with Crippen LogP contribution in [0, 0.1) is 0 Å². The molecular weight excluding hydrogens is 470 g/mol. The van der Waals surface area contributed by atoms with E-state index in [0.29, 0.717) is 37.0 Å². The first-order chi connectivity index (χ1) is 15.4. The SMILES string of the molecule is O=S(=O)(c1ccc(Cl)c(NC(=S)N/N=C/c2ccc3ncccc3c2)c1)N1CCOCC1. The Morgan fingerprint density at radius 2 is 2.00 bits per heavy atom. The number of anilines is 1. The van der Waals surface area contributed by atoms with E-state index in [2.05, 4.69) is 20.8 Å². The zero-order chi connectivity index (χ0) is 22.6. The molecule has 0 radical (unpaired) electrons. The van der Waals surface area contributed by atoms with E-state index in [1.165, 1.54) is 22.5 Å². The van der Waals surface area contributed by atoms with Crippen molar-refractivity contribution in [2.24, 2.45) is 5.10 Å². The molecule has 2 aromatic carbocycles. The molecule has 8 nitrogen and oxygen atoms in total. The smallest absolute Gasteiger partial charge is 0.243 e. The number of thiocarbonyl (C=S) groups is 1. The number of hydrogen-bond acceptors (Lipinski definition) is 6. The number of morpholine rings is 1. The van der Waals surface area contributed by atoms with Gasteiger partial charge in [-0.1, -0.05) is 23.7 Å². The molecule has 4 rings (SSSR count). The fourth-order valence-electron chi connectivity index (χ4n) is 3.19. The summed E-state index contributed by atoms with van der Waals surface area (Å²) in [6.45, 7) is 1.37. The van der Waals surface area contributed by atoms with Gasteiger partial charge in [-0.05, 0) is 54.2 Å². The molecule has 0 atom stereocenters. The van der Waals surface area contributed by atoms with Gasteiger partial charge in [-0.2, -0.15) is 9.41 Å². The van der Waals surface area contributed by atoms with Gasteiger partial charge in [0.1, 0.15) is 0 Å². The molecule has 11 heteroatoms. The highest BCUT2D eigenvalue weighted by Gasteiger charge is 2.26. The molecule has 0 unspecified atom stereocenters. The number of rotatable bonds is 5. The van der Waals surface area contributed by atoms with E-state index in [9.17, 15) is 8.42 Å². The summed E-state index contributed by atoms with van der Waals surface area (Å²) in [6.07, 6.45) is 3.37. The Morgan fingerprint density at radius 1 is 1.19 bits per heavy atom. The molecule has 0 spiro atoms. The summed E-state index contributed by atoms with van der Waals surface area (Å²) >= 11 is 11.5. The lowest BCUT2D eigenvalue weighted by molar-refractivity contribution is 0.0730. The molecule has 2 heterocycles. The fraction of sp³-hybridized carbons (Fsp3) is 0.190. The maximum absolute atomic E-state index is 12.9. The summed E-state index contributed by atoms with van der Waals surface area (Å²) in [5.41, 5.74) is 4.85. The summed E-state index contributed by atoms with van der Waals surface area (Å²) in [5, 5.41) is 8.54. The largest absolute Gasteiger partial charge is 0.379 e. The van der Waals surface area contributed by atoms with Gasteiger partial charge in [0.15, 0.2) is 5.11 Å². The van der Waals surface area contributed by atoms with Crippen LogP contribution in [0.25, 0.3) is 10.9 Å². The first kappa shape index (κ1) is 22.6. The van der Waals surface area contributed by atoms with E-state index in [4.69, 9.17) is 28.6 Å². The molecule has 1 aromatic heterocycles. The number of halogens is 1. The van der Waals surface area contributed by atoms with Gasteiger partial charge in [0.25, 0.3) is 0 Å². The summed E-state index contributed by atoms with van der Waals surface area (Å²) in [5.74, 6) is 0. The van der Waals surface area contributed by atoms with Gasteiger partial charge in [-0.3, -0.25) is 10.4 Å². The summed E-state index contributed by atoms with van der Waals surface area (Å²) in [6, 6.07) is 14.1. The van der Waals surface area contributed by atoms with Crippen LogP contribution in [0.5, 0.6) is 0 Å². The quantitative estimate of drug-likeness (QED) is 0.322. The van der Waals surface area contributed by atoms with E-state index in [0.717, 1.165) is 16.5 Å². The number of hydrazone groups is 1. The maximum atomic E-state index is 12.9. The van der Waals surface area contributed by atoms with Gasteiger partial charge >= 0.3 is 0 Å². The fourth-order valence-corrected chi connectivity index (χ4v) is 4.95. The van der Waals surface area contributed by atoms with Crippen molar-refractivity contribution in [1.29, 1.82) is 0 Å². The lowest BCUT2D eigenvalue weighted by Crippen LogP contribution is -2.40. The van der Waals surface area contributed by atoms with Gasteiger partial charge in [-0.15, -0.1) is 0 Å². The lowest BCUT2D eigenvalue weighted by Gasteiger charge is -2.26. The third kappa shape index (κ3) is 5.22. The van der Waals surface area contributed by atoms with Crippen molar-refractivity contribution in [3.05, 3.63) is 65.3 Å². The van der Waals surface area contributed by atoms with Crippen molar-refractivity contribution in [2.75, 3.05) is 31.6 Å². The van der Waals surface area contributed by atoms with E-state index >= 15 is 0 Å². The summed E-state index contributed by atoms with van der Waals surface area (Å²) in [4.78, 5) is 4.41. The first-order valence-corrected chi connectivity index (χ1v) is 12.0. The van der Waals surface area contributed by atoms with Crippen LogP contribution in [0.1, 0.15) is 5.56 Å². The van der Waals surface area contributed by atoms with Crippen molar-refractivity contribution in [2.45, 2.75) is 4.90 Å². The molecule has 2 N–H and O–H groups in total. The zero-order valence-electron chi connectivity index (χ0n) is 16.9. The molecule has 0 saturated carbocycles. The third-order valence-electron chi connectivity index (χ3n) is 4.80. The van der Waals surface area contributed by atoms with Crippen LogP contribution >= 0.6 is 23.8 Å². The third-order valence-corrected chi connectivity index (χ3v) is 7.22. The maximum Gasteiger partial charge on any atom is 0.243 e. The molecule has 1 fully saturated rings. The minimum atomic E-state index is -3.65. The van der Waals surface area contributed by atoms with E-state index < -0.39 is 10.0 Å². The number of ether oxygens (including phenoxy) is 1. The second-order valence-corrected chi connectivity index (χ2v) is 9.69. The molecule has 32 heavy (non-hydrogen) atoms. The first-order valence-electron chi connectivity index (χ1n) is 9.76. The van der Waals surface area contributed by atoms with Crippen molar-refractivity contribution in [1.82, 2.24) is 14.7 Å². The highest BCUT2D eigenvalue weighted by molar-refractivity contribution is 7.89. The highest BCUT2D eigenvalue weighted by atomic mass is 35.5. The van der Waals surface area contributed by atoms with Gasteiger partial charge in [0.2, 0.25) is 10.0 Å². The number of benzene rings is 2. The Bertz CT molecular complexity index is 1280. The van der Waals surface area contributed by atoms with Crippen molar-refractivity contribution >= 4 is 61.8 Å². The van der Waals surface area contributed by atoms with Crippen LogP contribution in [-0.2, 0) is 14.8 Å². The Hall–Kier alpha value is -2.63. The number of nitrogens with one attached hydrogen (secondary N) is 2. The predicted molar refractivity (Wildman–Crippen MR) is 130 cm³/mol. The van der Waals surface area contributed by atoms with Gasteiger partial charge in [-0.25, -0.2) is 8.42 Å². The minimum absolute atomic E-state index is 0.127. The minimum Gasteiger partial charge on any atom is -0.379 e. The zero-order valence-corrected chi connectivity index (χ0v) is 19.3. The normalized spacial score (nSPS) is 15.2. The second-order valence-electron chi connectivity index (χ2n) is 6.94. The van der Waals surface area contributed by atoms with Crippen LogP contribution < -0.4 is 10.7 Å². The molecule has 0 aliphatic carbocycles. The average molecular weight is 490 g/mol. The Kier molecular flexibility index (Phi) is 6.97. The number of sulfonamides is 1. The van der Waals surface area contributed by atoms with Crippen LogP contribution in [0.3, 0.4) is 0 Å².